The third-order valence-electron chi connectivity index (χ3n) is 4.76. The van der Waals surface area contributed by atoms with Gasteiger partial charge < -0.3 is 14.2 Å². The van der Waals surface area contributed by atoms with Gasteiger partial charge in [0, 0.05) is 32.2 Å². The lowest BCUT2D eigenvalue weighted by Crippen LogP contribution is -2.38. The number of nitrogens with zero attached hydrogens (tertiary/aromatic N) is 5. The average Bonchev–Trinajstić information content (AvgIpc) is 3.04. The Morgan fingerprint density at radius 2 is 1.92 bits per heavy atom. The van der Waals surface area contributed by atoms with Gasteiger partial charge >= 0.3 is 5.69 Å². The SMILES string of the molecule is COc1ccc(Cl)cc1N1CCCn2c1nc1c2c(=O)n(C)c(=O)n1C. The first-order valence-electron chi connectivity index (χ1n) is 8.21. The van der Waals surface area contributed by atoms with Crippen LogP contribution in [0.2, 0.25) is 5.02 Å². The Morgan fingerprint density at radius 3 is 2.65 bits per heavy atom. The summed E-state index contributed by atoms with van der Waals surface area (Å²) in [5.41, 5.74) is 0.834. The maximum Gasteiger partial charge on any atom is 0.332 e. The van der Waals surface area contributed by atoms with Gasteiger partial charge in [-0.05, 0) is 24.6 Å². The summed E-state index contributed by atoms with van der Waals surface area (Å²) in [4.78, 5) is 31.5. The summed E-state index contributed by atoms with van der Waals surface area (Å²) in [6, 6.07) is 5.37. The fourth-order valence-electron chi connectivity index (χ4n) is 3.44. The molecule has 0 unspecified atom stereocenters. The van der Waals surface area contributed by atoms with E-state index in [0.717, 1.165) is 16.7 Å². The van der Waals surface area contributed by atoms with E-state index < -0.39 is 5.69 Å². The molecule has 0 radical (unpaired) electrons. The van der Waals surface area contributed by atoms with Gasteiger partial charge in [0.2, 0.25) is 5.95 Å². The molecular weight excluding hydrogens is 358 g/mol. The molecule has 9 heteroatoms. The predicted octanol–water partition coefficient (Wildman–Crippen LogP) is 1.64. The maximum atomic E-state index is 12.7. The van der Waals surface area contributed by atoms with E-state index in [1.807, 2.05) is 15.5 Å². The second kappa shape index (κ2) is 5.91. The van der Waals surface area contributed by atoms with E-state index in [4.69, 9.17) is 16.3 Å². The van der Waals surface area contributed by atoms with E-state index in [-0.39, 0.29) is 5.56 Å². The summed E-state index contributed by atoms with van der Waals surface area (Å²) < 4.78 is 9.84. The summed E-state index contributed by atoms with van der Waals surface area (Å²) in [7, 11) is 4.69. The van der Waals surface area contributed by atoms with Crippen LogP contribution in [0.3, 0.4) is 0 Å². The van der Waals surface area contributed by atoms with Gasteiger partial charge in [-0.2, -0.15) is 4.98 Å². The van der Waals surface area contributed by atoms with Crippen molar-refractivity contribution in [2.75, 3.05) is 18.6 Å². The summed E-state index contributed by atoms with van der Waals surface area (Å²) in [5, 5.41) is 0.581. The van der Waals surface area contributed by atoms with Crippen LogP contribution in [0.5, 0.6) is 5.75 Å². The highest BCUT2D eigenvalue weighted by molar-refractivity contribution is 6.31. The monoisotopic (exact) mass is 375 g/mol. The van der Waals surface area contributed by atoms with Gasteiger partial charge in [0.25, 0.3) is 5.56 Å². The first-order valence-corrected chi connectivity index (χ1v) is 8.59. The van der Waals surface area contributed by atoms with E-state index in [1.165, 1.54) is 11.6 Å². The largest absolute Gasteiger partial charge is 0.495 e. The predicted molar refractivity (Wildman–Crippen MR) is 99.8 cm³/mol. The van der Waals surface area contributed by atoms with Crippen LogP contribution in [-0.2, 0) is 20.6 Å². The Labute approximate surface area is 153 Å². The van der Waals surface area contributed by atoms with Crippen molar-refractivity contribution in [2.45, 2.75) is 13.0 Å². The topological polar surface area (TPSA) is 74.3 Å². The third kappa shape index (κ3) is 2.25. The van der Waals surface area contributed by atoms with E-state index in [0.29, 0.717) is 41.0 Å². The highest BCUT2D eigenvalue weighted by Gasteiger charge is 2.28. The molecule has 0 saturated heterocycles. The summed E-state index contributed by atoms with van der Waals surface area (Å²) >= 11 is 6.18. The van der Waals surface area contributed by atoms with E-state index in [2.05, 4.69) is 4.98 Å². The van der Waals surface area contributed by atoms with Crippen molar-refractivity contribution in [1.29, 1.82) is 0 Å². The van der Waals surface area contributed by atoms with Crippen LogP contribution >= 0.6 is 11.6 Å². The van der Waals surface area contributed by atoms with Crippen molar-refractivity contribution in [3.8, 4) is 5.75 Å². The van der Waals surface area contributed by atoms with Crippen molar-refractivity contribution in [3.05, 3.63) is 44.1 Å². The minimum absolute atomic E-state index is 0.346. The molecule has 0 atom stereocenters. The number of hydrogen-bond donors (Lipinski definition) is 0. The van der Waals surface area contributed by atoms with Crippen molar-refractivity contribution in [3.63, 3.8) is 0 Å². The smallest absolute Gasteiger partial charge is 0.332 e. The second-order valence-corrected chi connectivity index (χ2v) is 6.70. The van der Waals surface area contributed by atoms with E-state index >= 15 is 0 Å². The molecule has 26 heavy (non-hydrogen) atoms. The number of ether oxygens (including phenoxy) is 1. The number of methoxy groups -OCH3 is 1. The van der Waals surface area contributed by atoms with Gasteiger partial charge in [-0.3, -0.25) is 13.9 Å². The molecule has 0 saturated carbocycles. The zero-order valence-electron chi connectivity index (χ0n) is 14.7. The van der Waals surface area contributed by atoms with Crippen molar-refractivity contribution < 1.29 is 4.74 Å². The molecule has 0 fully saturated rings. The lowest BCUT2D eigenvalue weighted by Gasteiger charge is -2.30. The normalized spacial score (nSPS) is 13.9. The van der Waals surface area contributed by atoms with Crippen molar-refractivity contribution in [1.82, 2.24) is 18.7 Å². The van der Waals surface area contributed by atoms with Gasteiger partial charge in [0.05, 0.1) is 12.8 Å². The molecule has 3 heterocycles. The number of aryl methyl sites for hydroxylation is 2. The van der Waals surface area contributed by atoms with Gasteiger partial charge in [0.15, 0.2) is 11.2 Å². The first-order chi connectivity index (χ1) is 12.4. The van der Waals surface area contributed by atoms with Gasteiger partial charge in [-0.15, -0.1) is 0 Å². The minimum atomic E-state index is -0.398. The lowest BCUT2D eigenvalue weighted by molar-refractivity contribution is 0.414. The standard InChI is InChI=1S/C17H18ClN5O3/c1-20-14-13(15(24)21(2)17(20)25)23-8-4-7-22(16(23)19-14)11-9-10(18)5-6-12(11)26-3/h5-6,9H,4,7-8H2,1-3H3. The zero-order chi connectivity index (χ0) is 18.6. The molecule has 136 valence electrons. The number of imidazole rings is 1. The van der Waals surface area contributed by atoms with Crippen LogP contribution in [0.4, 0.5) is 11.6 Å². The molecule has 0 amide bonds. The molecule has 0 aliphatic carbocycles. The number of anilines is 2. The van der Waals surface area contributed by atoms with Gasteiger partial charge in [-0.1, -0.05) is 11.6 Å². The minimum Gasteiger partial charge on any atom is -0.495 e. The molecule has 0 spiro atoms. The van der Waals surface area contributed by atoms with E-state index in [9.17, 15) is 9.59 Å². The molecule has 1 aliphatic heterocycles. The van der Waals surface area contributed by atoms with Crippen LogP contribution in [0, 0.1) is 0 Å². The number of aromatic nitrogens is 4. The Balaban J connectivity index is 2.03. The van der Waals surface area contributed by atoms with Crippen molar-refractivity contribution in [2.24, 2.45) is 14.1 Å². The molecule has 3 aromatic rings. The highest BCUT2D eigenvalue weighted by Crippen LogP contribution is 2.38. The zero-order valence-corrected chi connectivity index (χ0v) is 15.4. The molecule has 0 N–H and O–H groups in total. The second-order valence-electron chi connectivity index (χ2n) is 6.26. The number of hydrogen-bond acceptors (Lipinski definition) is 5. The van der Waals surface area contributed by atoms with Crippen LogP contribution in [0.1, 0.15) is 6.42 Å². The van der Waals surface area contributed by atoms with Crippen LogP contribution in [0.25, 0.3) is 11.2 Å². The molecule has 0 bridgehead atoms. The lowest BCUT2D eigenvalue weighted by atomic mass is 10.2. The van der Waals surface area contributed by atoms with Crippen molar-refractivity contribution >= 4 is 34.4 Å². The van der Waals surface area contributed by atoms with Crippen LogP contribution in [-0.4, -0.2) is 32.3 Å². The maximum absolute atomic E-state index is 12.7. The quantitative estimate of drug-likeness (QED) is 0.680. The number of rotatable bonds is 2. The van der Waals surface area contributed by atoms with Crippen LogP contribution < -0.4 is 20.9 Å². The molecule has 1 aromatic carbocycles. The number of benzene rings is 1. The molecule has 4 rings (SSSR count). The molecule has 8 nitrogen and oxygen atoms in total. The Morgan fingerprint density at radius 1 is 1.15 bits per heavy atom. The highest BCUT2D eigenvalue weighted by atomic mass is 35.5. The third-order valence-corrected chi connectivity index (χ3v) is 5.00. The number of fused-ring (bicyclic) bond motifs is 3. The van der Waals surface area contributed by atoms with E-state index in [1.54, 1.807) is 26.3 Å². The number of halogens is 1. The molecule has 2 aromatic heterocycles. The van der Waals surface area contributed by atoms with Gasteiger partial charge in [-0.25, -0.2) is 4.79 Å². The summed E-state index contributed by atoms with van der Waals surface area (Å²) in [5.74, 6) is 1.27. The van der Waals surface area contributed by atoms with Crippen LogP contribution in [0.15, 0.2) is 27.8 Å². The van der Waals surface area contributed by atoms with Gasteiger partial charge in [0.1, 0.15) is 5.75 Å². The Kier molecular flexibility index (Phi) is 3.80. The molecule has 1 aliphatic rings. The summed E-state index contributed by atoms with van der Waals surface area (Å²) in [6.07, 6.45) is 0.820. The molecular formula is C17H18ClN5O3. The average molecular weight is 376 g/mol. The fourth-order valence-corrected chi connectivity index (χ4v) is 3.61. The summed E-state index contributed by atoms with van der Waals surface area (Å²) in [6.45, 7) is 1.35. The fraction of sp³-hybridized carbons (Fsp3) is 0.353. The Hall–Kier alpha value is -2.74. The first kappa shape index (κ1) is 16.7. The Bertz CT molecular complexity index is 1140.